The van der Waals surface area contributed by atoms with Crippen molar-refractivity contribution in [3.63, 3.8) is 0 Å². The first-order chi connectivity index (χ1) is 25.6. The molecule has 56 heavy (non-hydrogen) atoms. The first-order valence-electron chi connectivity index (χ1n) is 20.2. The molecule has 0 heterocycles. The molecule has 0 saturated heterocycles. The average Bonchev–Trinajstić information content (AvgIpc) is 3.89. The van der Waals surface area contributed by atoms with Gasteiger partial charge in [-0.3, -0.25) is 6.08 Å². The van der Waals surface area contributed by atoms with Crippen molar-refractivity contribution in [2.45, 2.75) is 121 Å². The van der Waals surface area contributed by atoms with E-state index >= 15 is 0 Å². The molecule has 0 bridgehead atoms. The molecule has 8 rings (SSSR count). The van der Waals surface area contributed by atoms with Gasteiger partial charge in [0.25, 0.3) is 0 Å². The summed E-state index contributed by atoms with van der Waals surface area (Å²) in [4.78, 5) is 0. The maximum absolute atomic E-state index is 3.34. The summed E-state index contributed by atoms with van der Waals surface area (Å²) >= 11 is 1.30. The van der Waals surface area contributed by atoms with Gasteiger partial charge in [-0.25, -0.2) is 18.1 Å². The van der Waals surface area contributed by atoms with E-state index in [-0.39, 0.29) is 46.5 Å². The summed E-state index contributed by atoms with van der Waals surface area (Å²) in [5, 5.41) is 0. The van der Waals surface area contributed by atoms with Gasteiger partial charge in [-0.2, -0.15) is 89.0 Å². The summed E-state index contributed by atoms with van der Waals surface area (Å²) in [7, 11) is 0. The van der Waals surface area contributed by atoms with Gasteiger partial charge in [0, 0.05) is 0 Å². The molecule has 3 aromatic rings. The fourth-order valence-corrected chi connectivity index (χ4v) is 9.48. The second-order valence-electron chi connectivity index (χ2n) is 17.7. The maximum atomic E-state index is 3.34. The third kappa shape index (κ3) is 9.54. The molecule has 3 aromatic carbocycles. The third-order valence-electron chi connectivity index (χ3n) is 14.2. The Bertz CT molecular complexity index is 1800. The van der Waals surface area contributed by atoms with Crippen molar-refractivity contribution in [1.82, 2.24) is 0 Å². The quantitative estimate of drug-likeness (QED) is 0.225. The molecule has 3 heteroatoms. The van der Waals surface area contributed by atoms with Crippen LogP contribution in [-0.4, -0.2) is 4.21 Å². The van der Waals surface area contributed by atoms with E-state index in [1.807, 2.05) is 36.4 Å². The molecule has 0 N–H and O–H groups in total. The normalized spacial score (nSPS) is 22.1. The van der Waals surface area contributed by atoms with E-state index in [1.165, 1.54) is 59.3 Å². The molecule has 302 valence electrons. The Hall–Kier alpha value is -2.44. The summed E-state index contributed by atoms with van der Waals surface area (Å²) in [6.07, 6.45) is 18.5. The molecule has 1 fully saturated rings. The first-order valence-corrected chi connectivity index (χ1v) is 21.9. The van der Waals surface area contributed by atoms with Crippen LogP contribution in [0.1, 0.15) is 136 Å². The van der Waals surface area contributed by atoms with Crippen LogP contribution in [0.2, 0.25) is 0 Å². The van der Waals surface area contributed by atoms with Gasteiger partial charge in [0.1, 0.15) is 0 Å². The van der Waals surface area contributed by atoms with Gasteiger partial charge < -0.3 is 0 Å². The molecule has 2 atom stereocenters. The molecule has 0 aromatic heterocycles. The zero-order chi connectivity index (χ0) is 39.9. The number of allylic oxidation sites excluding steroid dienone is 10. The van der Waals surface area contributed by atoms with E-state index in [0.29, 0.717) is 17.8 Å². The van der Waals surface area contributed by atoms with Crippen molar-refractivity contribution in [2.75, 3.05) is 0 Å². The van der Waals surface area contributed by atoms with Gasteiger partial charge >= 0.3 is 28.4 Å². The number of hydrogen-bond donors (Lipinski definition) is 0. The van der Waals surface area contributed by atoms with E-state index in [4.69, 9.17) is 0 Å². The number of fused-ring (bicyclic) bond motifs is 6. The van der Waals surface area contributed by atoms with Crippen molar-refractivity contribution >= 4 is 34.6 Å². The molecule has 5 aliphatic rings. The molecule has 1 saturated carbocycles. The molecule has 2 unspecified atom stereocenters. The van der Waals surface area contributed by atoms with Gasteiger partial charge in [-0.05, 0) is 52.4 Å². The summed E-state index contributed by atoms with van der Waals surface area (Å²) in [5.41, 5.74) is 13.1. The van der Waals surface area contributed by atoms with Crippen LogP contribution in [0.4, 0.5) is 0 Å². The van der Waals surface area contributed by atoms with Crippen LogP contribution in [0, 0.1) is 51.7 Å². The molecule has 0 spiro atoms. The third-order valence-corrected chi connectivity index (χ3v) is 14.2. The van der Waals surface area contributed by atoms with Gasteiger partial charge in [-0.1, -0.05) is 141 Å². The molecule has 5 aliphatic carbocycles. The zero-order valence-electron chi connectivity index (χ0n) is 36.4. The molecule has 0 nitrogen and oxygen atoms in total. The first kappa shape index (κ1) is 49.7. The van der Waals surface area contributed by atoms with Crippen LogP contribution >= 0.6 is 24.8 Å². The molecule has 0 aliphatic heterocycles. The van der Waals surface area contributed by atoms with Crippen LogP contribution in [0.3, 0.4) is 0 Å². The Morgan fingerprint density at radius 3 is 1.73 bits per heavy atom. The molecule has 0 amide bonds. The van der Waals surface area contributed by atoms with E-state index in [1.54, 1.807) is 28.2 Å². The topological polar surface area (TPSA) is 0 Å². The average molecular weight is 867 g/mol. The SMILES string of the molecule is CC(C)c1cc[c-]cc1.CC(C)c1cc[c-]cc1.C[C-]1C2=C3Cc4ccccc4C3=C3C=CCCC3C2(C)C(C)(C)C(C)(C)C1(C)C.Cl.Cl.[C-]1=CC=CC1.[CH2]=[Zr]. The van der Waals surface area contributed by atoms with Crippen LogP contribution in [0.25, 0.3) is 5.57 Å². The predicted octanol–water partition coefficient (Wildman–Crippen LogP) is 15.3. The Kier molecular flexibility index (Phi) is 18.6. The van der Waals surface area contributed by atoms with Crippen LogP contribution in [0.5, 0.6) is 0 Å². The number of rotatable bonds is 2. The number of hydrogen-bond acceptors (Lipinski definition) is 0. The van der Waals surface area contributed by atoms with Gasteiger partial charge in [0.2, 0.25) is 0 Å². The Morgan fingerprint density at radius 2 is 1.29 bits per heavy atom. The summed E-state index contributed by atoms with van der Waals surface area (Å²) < 4.78 is 3.34. The monoisotopic (exact) mass is 864 g/mol. The Morgan fingerprint density at radius 1 is 0.750 bits per heavy atom. The standard InChI is InChI=1S/C29H37.2C9H11.C5H5.CH2.2ClH.Zr/c1-18-25-22-17-19-13-9-10-14-20(19)24(22)21-15-11-12-16-23(21)29(25,8)28(6,7)27(4,5)26(18,2)3;2*1-8(2)9-6-4-3-5-7-9;1-2-4-5-3-1;;;;/h9-11,13-15,23H,12,16-17H2,1-8H3;2*4-8H,1-2H3;1-3H,4H2;1H2;2*1H;/q4*-1;;;;. The minimum atomic E-state index is 0. The van der Waals surface area contributed by atoms with E-state index in [9.17, 15) is 0 Å². The molecular weight excluding hydrogens is 799 g/mol. The van der Waals surface area contributed by atoms with Crippen molar-refractivity contribution in [1.29, 1.82) is 0 Å². The second kappa shape index (κ2) is 21.0. The fourth-order valence-electron chi connectivity index (χ4n) is 9.48. The van der Waals surface area contributed by atoms with Crippen molar-refractivity contribution in [2.24, 2.45) is 27.6 Å². The summed E-state index contributed by atoms with van der Waals surface area (Å²) in [5.74, 6) is 3.52. The second-order valence-corrected chi connectivity index (χ2v) is 17.7. The summed E-state index contributed by atoms with van der Waals surface area (Å²) in [6, 6.07) is 31.4. The summed E-state index contributed by atoms with van der Waals surface area (Å²) in [6.45, 7) is 29.1. The van der Waals surface area contributed by atoms with Gasteiger partial charge in [0.15, 0.2) is 0 Å². The minimum absolute atomic E-state index is 0. The Balaban J connectivity index is 0.000000327. The number of halogens is 2. The van der Waals surface area contributed by atoms with Crippen molar-refractivity contribution < 1.29 is 24.2 Å². The van der Waals surface area contributed by atoms with Crippen LogP contribution in [0.15, 0.2) is 120 Å². The Labute approximate surface area is 370 Å². The van der Waals surface area contributed by atoms with Crippen LogP contribution < -0.4 is 0 Å². The van der Waals surface area contributed by atoms with E-state index in [0.717, 1.165) is 12.8 Å². The van der Waals surface area contributed by atoms with E-state index < -0.39 is 0 Å². The zero-order valence-corrected chi connectivity index (χ0v) is 40.5. The molecule has 0 radical (unpaired) electrons. The van der Waals surface area contributed by atoms with Crippen molar-refractivity contribution in [3.8, 4) is 0 Å². The predicted molar refractivity (Wildman–Crippen MR) is 246 cm³/mol. The van der Waals surface area contributed by atoms with Crippen molar-refractivity contribution in [3.05, 3.63) is 166 Å². The fraction of sp³-hybridized carbons (Fsp3) is 0.434. The molecular formula is C53H68Cl2Zr-4. The van der Waals surface area contributed by atoms with Crippen LogP contribution in [-0.2, 0) is 30.7 Å². The van der Waals surface area contributed by atoms with Gasteiger partial charge in [0.05, 0.1) is 0 Å². The number of benzene rings is 3. The van der Waals surface area contributed by atoms with Gasteiger partial charge in [-0.15, -0.1) is 38.2 Å². The van der Waals surface area contributed by atoms with E-state index in [2.05, 4.69) is 172 Å².